The van der Waals surface area contributed by atoms with E-state index >= 15 is 0 Å². The Morgan fingerprint density at radius 1 is 1.78 bits per heavy atom. The fraction of sp³-hybridized carbons (Fsp3) is 0. The van der Waals surface area contributed by atoms with Crippen molar-refractivity contribution in [2.75, 3.05) is 0 Å². The molecule has 0 saturated heterocycles. The third-order valence-electron chi connectivity index (χ3n) is 0.760. The van der Waals surface area contributed by atoms with Crippen LogP contribution in [-0.4, -0.2) is 5.16 Å². The molecule has 48 valence electrons. The van der Waals surface area contributed by atoms with E-state index in [9.17, 15) is 0 Å². The van der Waals surface area contributed by atoms with Gasteiger partial charge in [-0.3, -0.25) is 0 Å². The summed E-state index contributed by atoms with van der Waals surface area (Å²) in [5.41, 5.74) is 5.06. The van der Waals surface area contributed by atoms with Gasteiger partial charge in [0.15, 0.2) is 10.9 Å². The van der Waals surface area contributed by atoms with Gasteiger partial charge in [0.25, 0.3) is 0 Å². The van der Waals surface area contributed by atoms with E-state index in [0.29, 0.717) is 10.9 Å². The summed E-state index contributed by atoms with van der Waals surface area (Å²) in [6.07, 6.45) is 2.93. The molecule has 0 bridgehead atoms. The number of hydrogen-bond acceptors (Lipinski definition) is 3. The molecule has 1 heterocycles. The van der Waals surface area contributed by atoms with Crippen molar-refractivity contribution >= 4 is 17.7 Å². The molecule has 0 aliphatic rings. The maximum absolute atomic E-state index is 5.42. The molecule has 4 heteroatoms. The quantitative estimate of drug-likeness (QED) is 0.646. The second-order valence-corrected chi connectivity index (χ2v) is 1.80. The Kier molecular flexibility index (Phi) is 1.75. The van der Waals surface area contributed by atoms with Gasteiger partial charge in [-0.05, 0) is 12.3 Å². The van der Waals surface area contributed by atoms with Gasteiger partial charge in [0, 0.05) is 6.07 Å². The van der Waals surface area contributed by atoms with Crippen molar-refractivity contribution in [1.29, 1.82) is 0 Å². The van der Waals surface area contributed by atoms with E-state index < -0.39 is 0 Å². The predicted molar refractivity (Wildman–Crippen MR) is 34.7 cm³/mol. The molecule has 0 spiro atoms. The van der Waals surface area contributed by atoms with Crippen LogP contribution in [0.2, 0.25) is 5.15 Å². The average molecular weight is 145 g/mol. The number of nitrogens with two attached hydrogens (primary N) is 1. The molecular weight excluding hydrogens is 140 g/mol. The molecule has 0 saturated carbocycles. The Morgan fingerprint density at radius 2 is 2.56 bits per heavy atom. The minimum absolute atomic E-state index is 0.336. The van der Waals surface area contributed by atoms with Crippen molar-refractivity contribution in [2.24, 2.45) is 5.73 Å². The average Bonchev–Trinajstić information content (AvgIpc) is 2.17. The minimum Gasteiger partial charge on any atom is -0.404 e. The van der Waals surface area contributed by atoms with Crippen molar-refractivity contribution in [3.63, 3.8) is 0 Å². The molecule has 1 rings (SSSR count). The van der Waals surface area contributed by atoms with E-state index in [1.165, 1.54) is 6.20 Å². The summed E-state index contributed by atoms with van der Waals surface area (Å²) in [6.45, 7) is 0. The standard InChI is InChI=1S/C5H5ClN2O/c6-5-3-4(1-2-7)9-8-5/h1-3H,7H2/b2-1+. The summed E-state index contributed by atoms with van der Waals surface area (Å²) in [6, 6.07) is 1.57. The van der Waals surface area contributed by atoms with Crippen molar-refractivity contribution in [1.82, 2.24) is 5.16 Å². The lowest BCUT2D eigenvalue weighted by molar-refractivity contribution is 0.413. The number of rotatable bonds is 1. The van der Waals surface area contributed by atoms with E-state index in [0.717, 1.165) is 0 Å². The third-order valence-corrected chi connectivity index (χ3v) is 0.938. The van der Waals surface area contributed by atoms with Crippen LogP contribution < -0.4 is 5.73 Å². The van der Waals surface area contributed by atoms with E-state index in [-0.39, 0.29) is 0 Å². The first-order valence-corrected chi connectivity index (χ1v) is 2.71. The Labute approximate surface area is 57.1 Å². The number of halogens is 1. The Hall–Kier alpha value is -0.960. The van der Waals surface area contributed by atoms with Crippen LogP contribution in [0.1, 0.15) is 5.76 Å². The Balaban J connectivity index is 2.85. The molecule has 0 aromatic carbocycles. The normalized spacial score (nSPS) is 10.8. The highest BCUT2D eigenvalue weighted by Crippen LogP contribution is 2.08. The van der Waals surface area contributed by atoms with E-state index in [2.05, 4.69) is 9.68 Å². The van der Waals surface area contributed by atoms with Gasteiger partial charge < -0.3 is 10.3 Å². The van der Waals surface area contributed by atoms with E-state index in [1.54, 1.807) is 12.1 Å². The van der Waals surface area contributed by atoms with Gasteiger partial charge in [0.1, 0.15) is 0 Å². The SMILES string of the molecule is N/C=C/c1cc(Cl)no1. The zero-order valence-electron chi connectivity index (χ0n) is 4.54. The largest absolute Gasteiger partial charge is 0.404 e. The molecule has 2 N–H and O–H groups in total. The number of hydrogen-bond donors (Lipinski definition) is 1. The lowest BCUT2D eigenvalue weighted by Gasteiger charge is -1.73. The highest BCUT2D eigenvalue weighted by Gasteiger charge is 1.94. The van der Waals surface area contributed by atoms with E-state index in [4.69, 9.17) is 17.3 Å². The Bertz CT molecular complexity index is 218. The molecule has 3 nitrogen and oxygen atoms in total. The van der Waals surface area contributed by atoms with Crippen LogP contribution in [0, 0.1) is 0 Å². The van der Waals surface area contributed by atoms with Crippen LogP contribution in [0.5, 0.6) is 0 Å². The lowest BCUT2D eigenvalue weighted by atomic mass is 10.4. The molecule has 0 aliphatic heterocycles. The van der Waals surface area contributed by atoms with Gasteiger partial charge in [-0.1, -0.05) is 16.8 Å². The van der Waals surface area contributed by atoms with Crippen LogP contribution in [-0.2, 0) is 0 Å². The second-order valence-electron chi connectivity index (χ2n) is 1.41. The van der Waals surface area contributed by atoms with Gasteiger partial charge in [0.2, 0.25) is 0 Å². The molecule has 0 unspecified atom stereocenters. The molecule has 1 aromatic rings. The van der Waals surface area contributed by atoms with Gasteiger partial charge in [-0.2, -0.15) is 0 Å². The maximum atomic E-state index is 5.42. The maximum Gasteiger partial charge on any atom is 0.172 e. The number of nitrogens with zero attached hydrogens (tertiary/aromatic N) is 1. The number of aromatic nitrogens is 1. The van der Waals surface area contributed by atoms with Crippen molar-refractivity contribution in [3.05, 3.63) is 23.2 Å². The van der Waals surface area contributed by atoms with Gasteiger partial charge >= 0.3 is 0 Å². The molecule has 1 aromatic heterocycles. The summed E-state index contributed by atoms with van der Waals surface area (Å²) in [4.78, 5) is 0. The predicted octanol–water partition coefficient (Wildman–Crippen LogP) is 1.26. The molecule has 0 radical (unpaired) electrons. The summed E-state index contributed by atoms with van der Waals surface area (Å²) in [7, 11) is 0. The van der Waals surface area contributed by atoms with Gasteiger partial charge in [0.05, 0.1) is 0 Å². The topological polar surface area (TPSA) is 52.0 Å². The summed E-state index contributed by atoms with van der Waals surface area (Å²) >= 11 is 5.42. The van der Waals surface area contributed by atoms with Crippen LogP contribution in [0.15, 0.2) is 16.8 Å². The van der Waals surface area contributed by atoms with Crippen molar-refractivity contribution in [3.8, 4) is 0 Å². The van der Waals surface area contributed by atoms with Gasteiger partial charge in [-0.25, -0.2) is 0 Å². The lowest BCUT2D eigenvalue weighted by Crippen LogP contribution is -1.73. The zero-order chi connectivity index (χ0) is 6.69. The zero-order valence-corrected chi connectivity index (χ0v) is 5.30. The van der Waals surface area contributed by atoms with Crippen LogP contribution >= 0.6 is 11.6 Å². The van der Waals surface area contributed by atoms with Crippen LogP contribution in [0.25, 0.3) is 6.08 Å². The van der Waals surface area contributed by atoms with Crippen molar-refractivity contribution in [2.45, 2.75) is 0 Å². The fourth-order valence-electron chi connectivity index (χ4n) is 0.440. The highest BCUT2D eigenvalue weighted by atomic mass is 35.5. The summed E-state index contributed by atoms with van der Waals surface area (Å²) < 4.78 is 4.66. The molecule has 0 fully saturated rings. The van der Waals surface area contributed by atoms with Crippen molar-refractivity contribution < 1.29 is 4.52 Å². The van der Waals surface area contributed by atoms with E-state index in [1.807, 2.05) is 0 Å². The Morgan fingerprint density at radius 3 is 3.00 bits per heavy atom. The monoisotopic (exact) mass is 144 g/mol. The molecule has 0 amide bonds. The summed E-state index contributed by atoms with van der Waals surface area (Å²) in [5, 5.41) is 3.76. The molecule has 9 heavy (non-hydrogen) atoms. The van der Waals surface area contributed by atoms with Gasteiger partial charge in [-0.15, -0.1) is 0 Å². The molecular formula is C5H5ClN2O. The summed E-state index contributed by atoms with van der Waals surface area (Å²) in [5.74, 6) is 0.558. The molecule has 0 aliphatic carbocycles. The fourth-order valence-corrected chi connectivity index (χ4v) is 0.582. The third kappa shape index (κ3) is 1.47. The first-order chi connectivity index (χ1) is 4.33. The first-order valence-electron chi connectivity index (χ1n) is 2.33. The smallest absolute Gasteiger partial charge is 0.172 e. The minimum atomic E-state index is 0.336. The molecule has 0 atom stereocenters. The highest BCUT2D eigenvalue weighted by molar-refractivity contribution is 6.29. The second kappa shape index (κ2) is 2.55. The van der Waals surface area contributed by atoms with Crippen LogP contribution in [0.4, 0.5) is 0 Å². The van der Waals surface area contributed by atoms with Crippen LogP contribution in [0.3, 0.4) is 0 Å². The first kappa shape index (κ1) is 6.16.